The number of aromatic nitrogens is 2. The van der Waals surface area contributed by atoms with Gasteiger partial charge in [-0.05, 0) is 40.7 Å². The van der Waals surface area contributed by atoms with E-state index in [-0.39, 0.29) is 35.1 Å². The minimum absolute atomic E-state index is 0.0275. The van der Waals surface area contributed by atoms with Crippen LogP contribution in [0.5, 0.6) is 0 Å². The minimum Gasteiger partial charge on any atom is -0.447 e. The Morgan fingerprint density at radius 1 is 1.21 bits per heavy atom. The molecule has 2 heterocycles. The van der Waals surface area contributed by atoms with Gasteiger partial charge in [-0.15, -0.1) is 0 Å². The average Bonchev–Trinajstić information content (AvgIpc) is 3.44. The number of benzene rings is 2. The maximum Gasteiger partial charge on any atom is 0.407 e. The van der Waals surface area contributed by atoms with E-state index in [0.717, 1.165) is 17.0 Å². The van der Waals surface area contributed by atoms with Gasteiger partial charge in [0.25, 0.3) is 12.3 Å². The molecule has 1 saturated heterocycles. The maximum absolute atomic E-state index is 14.9. The maximum atomic E-state index is 14.9. The molecular formula is C34H37ClF5N9O3. The largest absolute Gasteiger partial charge is 0.447 e. The van der Waals surface area contributed by atoms with Gasteiger partial charge in [-0.1, -0.05) is 62.7 Å². The second-order valence-corrected chi connectivity index (χ2v) is 13.9. The summed E-state index contributed by atoms with van der Waals surface area (Å²) >= 11 is 6.44. The topological polar surface area (TPSA) is 140 Å². The fourth-order valence-electron chi connectivity index (χ4n) is 6.11. The molecule has 1 saturated carbocycles. The highest BCUT2D eigenvalue weighted by molar-refractivity contribution is 6.34. The molecule has 2 aliphatic rings. The first-order valence-corrected chi connectivity index (χ1v) is 16.4. The number of hydrogen-bond acceptors (Lipinski definition) is 7. The summed E-state index contributed by atoms with van der Waals surface area (Å²) in [6.45, 7) is 5.72. The van der Waals surface area contributed by atoms with Crippen molar-refractivity contribution in [3.63, 3.8) is 0 Å². The van der Waals surface area contributed by atoms with E-state index in [4.69, 9.17) is 21.7 Å². The molecule has 3 N–H and O–H groups in total. The Labute approximate surface area is 301 Å². The summed E-state index contributed by atoms with van der Waals surface area (Å²) in [7, 11) is 1.14. The first-order chi connectivity index (χ1) is 24.5. The van der Waals surface area contributed by atoms with Crippen LogP contribution in [0.1, 0.15) is 57.3 Å². The highest BCUT2D eigenvalue weighted by atomic mass is 35.5. The molecule has 0 spiro atoms. The van der Waals surface area contributed by atoms with Crippen LogP contribution in [-0.2, 0) is 15.1 Å². The van der Waals surface area contributed by atoms with Gasteiger partial charge in [0.2, 0.25) is 0 Å². The SMILES string of the molecule is C=NN(/C(=N\C)C(F)F)c1cc([C@@H](COC(=O)N[C@H]2C[C@@H]2F)N2C(=N)N[C@](CC(C)(C)C)(c3ccc(-c4cnn(C(F)F)c4)cc3)C2=O)ccc1Cl. The summed E-state index contributed by atoms with van der Waals surface area (Å²) < 4.78 is 73.7. The van der Waals surface area contributed by atoms with Crippen molar-refractivity contribution >= 4 is 47.8 Å². The summed E-state index contributed by atoms with van der Waals surface area (Å²) in [6, 6.07) is 8.80. The second-order valence-electron chi connectivity index (χ2n) is 13.5. The molecule has 1 aliphatic carbocycles. The Bertz CT molecular complexity index is 1870. The van der Waals surface area contributed by atoms with Gasteiger partial charge in [0.1, 0.15) is 18.3 Å². The van der Waals surface area contributed by atoms with E-state index in [1.807, 2.05) is 20.8 Å². The predicted octanol–water partition coefficient (Wildman–Crippen LogP) is 6.89. The lowest BCUT2D eigenvalue weighted by atomic mass is 9.75. The molecule has 0 unspecified atom stereocenters. The van der Waals surface area contributed by atoms with E-state index in [9.17, 15) is 31.5 Å². The zero-order valence-electron chi connectivity index (χ0n) is 28.6. The van der Waals surface area contributed by atoms with Gasteiger partial charge >= 0.3 is 12.6 Å². The van der Waals surface area contributed by atoms with Crippen molar-refractivity contribution in [1.29, 1.82) is 5.41 Å². The van der Waals surface area contributed by atoms with Crippen molar-refractivity contribution in [2.75, 3.05) is 18.7 Å². The van der Waals surface area contributed by atoms with E-state index >= 15 is 0 Å². The number of carbonyl (C=O) groups is 2. The lowest BCUT2D eigenvalue weighted by Gasteiger charge is -2.35. The Morgan fingerprint density at radius 3 is 2.42 bits per heavy atom. The number of alkyl carbamates (subject to hydrolysis) is 1. The summed E-state index contributed by atoms with van der Waals surface area (Å²) in [6.07, 6.45) is -2.47. The van der Waals surface area contributed by atoms with Gasteiger partial charge in [0.15, 0.2) is 11.8 Å². The number of anilines is 1. The van der Waals surface area contributed by atoms with Gasteiger partial charge in [0, 0.05) is 31.9 Å². The molecule has 52 heavy (non-hydrogen) atoms. The van der Waals surface area contributed by atoms with Crippen molar-refractivity contribution in [3.8, 4) is 11.1 Å². The van der Waals surface area contributed by atoms with Gasteiger partial charge in [-0.3, -0.25) is 20.1 Å². The molecule has 2 fully saturated rings. The number of amidine groups is 1. The fraction of sp³-hybridized carbons (Fsp3) is 0.412. The Balaban J connectivity index is 1.57. The van der Waals surface area contributed by atoms with Crippen LogP contribution in [-0.4, -0.2) is 77.5 Å². The number of nitrogens with one attached hydrogen (secondary N) is 3. The number of hydrazone groups is 1. The molecule has 3 aromatic rings. The molecule has 2 amide bonds. The van der Waals surface area contributed by atoms with Gasteiger partial charge in [0.05, 0.1) is 29.0 Å². The predicted molar refractivity (Wildman–Crippen MR) is 186 cm³/mol. The smallest absolute Gasteiger partial charge is 0.407 e. The third-order valence-electron chi connectivity index (χ3n) is 8.53. The molecule has 0 radical (unpaired) electrons. The van der Waals surface area contributed by atoms with Crippen molar-refractivity contribution in [2.24, 2.45) is 15.5 Å². The Morgan fingerprint density at radius 2 is 1.88 bits per heavy atom. The summed E-state index contributed by atoms with van der Waals surface area (Å²) in [5.41, 5.74) is -0.511. The van der Waals surface area contributed by atoms with Crippen molar-refractivity contribution < 1.29 is 36.3 Å². The number of hydrogen-bond donors (Lipinski definition) is 3. The number of alkyl halides is 5. The van der Waals surface area contributed by atoms with Crippen LogP contribution in [0.4, 0.5) is 32.4 Å². The minimum atomic E-state index is -3.07. The number of amides is 2. The van der Waals surface area contributed by atoms with Crippen LogP contribution in [0.3, 0.4) is 0 Å². The molecule has 0 bridgehead atoms. The summed E-state index contributed by atoms with van der Waals surface area (Å²) in [4.78, 5) is 32.3. The molecule has 1 aliphatic heterocycles. The van der Waals surface area contributed by atoms with Crippen LogP contribution < -0.4 is 15.6 Å². The van der Waals surface area contributed by atoms with Crippen LogP contribution >= 0.6 is 11.6 Å². The van der Waals surface area contributed by atoms with Crippen LogP contribution in [0, 0.1) is 10.8 Å². The van der Waals surface area contributed by atoms with E-state index in [2.05, 4.69) is 32.5 Å². The first kappa shape index (κ1) is 38.2. The zero-order chi connectivity index (χ0) is 38.1. The molecule has 12 nitrogen and oxygen atoms in total. The number of aliphatic imine (C=N–C) groups is 1. The van der Waals surface area contributed by atoms with Crippen LogP contribution in [0.25, 0.3) is 11.1 Å². The lowest BCUT2D eigenvalue weighted by Crippen LogP contribution is -2.47. The standard InChI is InChI=1S/C34H37ClF5N9O3/c1-33(2,3)17-34(21-9-6-18(7-10-21)20-14-44-47(15-20)30(39)40)29(50)48(31(41)46-34)26(16-52-32(51)45-24-13-23(24)36)19-8-11-22(35)25(12-19)49(43-5)28(42-4)27(37)38/h6-12,14-15,23-24,26-27,30H,5,13,16-17H2,1-4H3,(H2,41,46)(H,45,51)/b42-28-/t23-,24-,26+,34+/m0/s1. The normalized spacial score (nSPS) is 21.0. The van der Waals surface area contributed by atoms with E-state index in [1.165, 1.54) is 30.6 Å². The Kier molecular flexibility index (Phi) is 10.9. The number of rotatable bonds is 12. The molecule has 5 rings (SSSR count). The van der Waals surface area contributed by atoms with Gasteiger partial charge in [-0.25, -0.2) is 27.7 Å². The first-order valence-electron chi connectivity index (χ1n) is 16.0. The summed E-state index contributed by atoms with van der Waals surface area (Å²) in [5.74, 6) is -1.74. The number of guanidine groups is 1. The number of nitrogens with zero attached hydrogens (tertiary/aromatic N) is 6. The van der Waals surface area contributed by atoms with Crippen LogP contribution in [0.2, 0.25) is 5.02 Å². The van der Waals surface area contributed by atoms with Crippen LogP contribution in [0.15, 0.2) is 65.0 Å². The van der Waals surface area contributed by atoms with E-state index in [0.29, 0.717) is 21.4 Å². The summed E-state index contributed by atoms with van der Waals surface area (Å²) in [5, 5.41) is 22.6. The number of halogens is 6. The van der Waals surface area contributed by atoms with E-state index < -0.39 is 66.6 Å². The highest BCUT2D eigenvalue weighted by Crippen LogP contribution is 2.43. The fourth-order valence-corrected chi connectivity index (χ4v) is 6.31. The molecule has 4 atom stereocenters. The number of carbonyl (C=O) groups excluding carboxylic acids is 2. The van der Waals surface area contributed by atoms with Gasteiger partial charge < -0.3 is 15.4 Å². The monoisotopic (exact) mass is 749 g/mol. The molecule has 18 heteroatoms. The second kappa shape index (κ2) is 14.9. The zero-order valence-corrected chi connectivity index (χ0v) is 29.3. The molecule has 278 valence electrons. The van der Waals surface area contributed by atoms with Crippen molar-refractivity contribution in [1.82, 2.24) is 25.3 Å². The lowest BCUT2D eigenvalue weighted by molar-refractivity contribution is -0.134. The third-order valence-corrected chi connectivity index (χ3v) is 8.85. The molecular weight excluding hydrogens is 713 g/mol. The van der Waals surface area contributed by atoms with Crippen molar-refractivity contribution in [3.05, 3.63) is 71.0 Å². The quantitative estimate of drug-likeness (QED) is 0.0798. The van der Waals surface area contributed by atoms with E-state index in [1.54, 1.807) is 24.3 Å². The highest BCUT2D eigenvalue weighted by Gasteiger charge is 2.54. The third kappa shape index (κ3) is 7.88. The molecule has 1 aromatic heterocycles. The Hall–Kier alpha value is -5.06. The molecule has 2 aromatic carbocycles. The van der Waals surface area contributed by atoms with Gasteiger partial charge in [-0.2, -0.15) is 19.0 Å². The average molecular weight is 750 g/mol. The number of ether oxygens (including phenoxy) is 1. The van der Waals surface area contributed by atoms with Crippen molar-refractivity contribution in [2.45, 2.75) is 70.4 Å².